The Hall–Kier alpha value is -1.88. The highest BCUT2D eigenvalue weighted by Gasteiger charge is 2.01. The maximum atomic E-state index is 5.59. The van der Waals surface area contributed by atoms with Gasteiger partial charge in [-0.05, 0) is 32.0 Å². The summed E-state index contributed by atoms with van der Waals surface area (Å²) in [4.78, 5) is 4.14. The van der Waals surface area contributed by atoms with E-state index in [1.54, 1.807) is 0 Å². The van der Waals surface area contributed by atoms with Gasteiger partial charge in [0.2, 0.25) is 5.89 Å². The van der Waals surface area contributed by atoms with Crippen molar-refractivity contribution in [1.29, 1.82) is 0 Å². The molecule has 19 heavy (non-hydrogen) atoms. The van der Waals surface area contributed by atoms with Crippen LogP contribution in [-0.2, 0) is 6.42 Å². The molecule has 5 heteroatoms. The molecule has 0 fully saturated rings. The van der Waals surface area contributed by atoms with E-state index in [4.69, 9.17) is 9.26 Å². The van der Waals surface area contributed by atoms with Crippen molar-refractivity contribution in [3.8, 4) is 5.75 Å². The van der Waals surface area contributed by atoms with E-state index in [1.165, 1.54) is 0 Å². The second-order valence-electron chi connectivity index (χ2n) is 4.25. The molecule has 0 spiro atoms. The molecule has 0 aliphatic carbocycles. The maximum Gasteiger partial charge on any atom is 0.227 e. The van der Waals surface area contributed by atoms with E-state index >= 15 is 0 Å². The molecule has 0 aliphatic rings. The Morgan fingerprint density at radius 2 is 2.05 bits per heavy atom. The molecule has 0 radical (unpaired) electrons. The van der Waals surface area contributed by atoms with E-state index in [0.29, 0.717) is 11.7 Å². The van der Waals surface area contributed by atoms with Crippen molar-refractivity contribution in [3.63, 3.8) is 0 Å². The Balaban J connectivity index is 1.48. The molecular formula is C14H19N3O2. The van der Waals surface area contributed by atoms with Crippen molar-refractivity contribution in [3.05, 3.63) is 42.0 Å². The van der Waals surface area contributed by atoms with E-state index in [0.717, 1.165) is 38.3 Å². The Morgan fingerprint density at radius 1 is 1.21 bits per heavy atom. The third-order valence-corrected chi connectivity index (χ3v) is 2.60. The van der Waals surface area contributed by atoms with Gasteiger partial charge in [-0.15, -0.1) is 0 Å². The highest BCUT2D eigenvalue weighted by Crippen LogP contribution is 2.07. The predicted octanol–water partition coefficient (Wildman–Crippen LogP) is 1.98. The molecule has 0 amide bonds. The van der Waals surface area contributed by atoms with Crippen LogP contribution in [0.4, 0.5) is 0 Å². The van der Waals surface area contributed by atoms with Crippen LogP contribution in [0.2, 0.25) is 0 Å². The summed E-state index contributed by atoms with van der Waals surface area (Å²) in [7, 11) is 0. The van der Waals surface area contributed by atoms with Gasteiger partial charge in [0.1, 0.15) is 5.75 Å². The summed E-state index contributed by atoms with van der Waals surface area (Å²) in [5.74, 6) is 2.29. The third-order valence-electron chi connectivity index (χ3n) is 2.60. The van der Waals surface area contributed by atoms with Crippen LogP contribution in [0.5, 0.6) is 5.75 Å². The minimum Gasteiger partial charge on any atom is -0.494 e. The van der Waals surface area contributed by atoms with Crippen molar-refractivity contribution in [2.75, 3.05) is 19.7 Å². The smallest absolute Gasteiger partial charge is 0.227 e. The lowest BCUT2D eigenvalue weighted by Gasteiger charge is -2.06. The first-order valence-corrected chi connectivity index (χ1v) is 6.52. The zero-order valence-corrected chi connectivity index (χ0v) is 11.1. The Kier molecular flexibility index (Phi) is 5.37. The van der Waals surface area contributed by atoms with Crippen LogP contribution in [-0.4, -0.2) is 29.8 Å². The highest BCUT2D eigenvalue weighted by atomic mass is 16.5. The first-order chi connectivity index (χ1) is 9.34. The molecule has 0 saturated heterocycles. The fraction of sp³-hybridized carbons (Fsp3) is 0.429. The molecule has 1 aromatic heterocycles. The summed E-state index contributed by atoms with van der Waals surface area (Å²) < 4.78 is 10.6. The van der Waals surface area contributed by atoms with Crippen LogP contribution >= 0.6 is 0 Å². The summed E-state index contributed by atoms with van der Waals surface area (Å²) >= 11 is 0. The molecule has 0 unspecified atom stereocenters. The van der Waals surface area contributed by atoms with Crippen molar-refractivity contribution in [2.45, 2.75) is 19.8 Å². The lowest BCUT2D eigenvalue weighted by atomic mass is 10.3. The minimum atomic E-state index is 0.686. The number of para-hydroxylation sites is 1. The van der Waals surface area contributed by atoms with Gasteiger partial charge in [0.05, 0.1) is 6.61 Å². The quantitative estimate of drug-likeness (QED) is 0.736. The Bertz CT molecular complexity index is 471. The lowest BCUT2D eigenvalue weighted by Crippen LogP contribution is -2.20. The summed E-state index contributed by atoms with van der Waals surface area (Å²) in [5.41, 5.74) is 0. The number of hydrogen-bond donors (Lipinski definition) is 1. The van der Waals surface area contributed by atoms with E-state index in [-0.39, 0.29) is 0 Å². The van der Waals surface area contributed by atoms with E-state index in [1.807, 2.05) is 37.3 Å². The standard InChI is InChI=1S/C14H19N3O2/c1-12-16-14(19-17-12)8-10-15-9-5-11-18-13-6-3-2-4-7-13/h2-4,6-7,15H,5,8-11H2,1H3. The lowest BCUT2D eigenvalue weighted by molar-refractivity contribution is 0.307. The van der Waals surface area contributed by atoms with Crippen LogP contribution < -0.4 is 10.1 Å². The SMILES string of the molecule is Cc1noc(CCNCCCOc2ccccc2)n1. The average molecular weight is 261 g/mol. The maximum absolute atomic E-state index is 5.59. The summed E-state index contributed by atoms with van der Waals surface area (Å²) in [6, 6.07) is 9.85. The van der Waals surface area contributed by atoms with E-state index < -0.39 is 0 Å². The fourth-order valence-electron chi connectivity index (χ4n) is 1.67. The number of benzene rings is 1. The van der Waals surface area contributed by atoms with E-state index in [2.05, 4.69) is 15.5 Å². The van der Waals surface area contributed by atoms with Crippen LogP contribution in [0.1, 0.15) is 18.1 Å². The largest absolute Gasteiger partial charge is 0.494 e. The number of rotatable bonds is 8. The molecule has 1 heterocycles. The van der Waals surface area contributed by atoms with Gasteiger partial charge in [0, 0.05) is 13.0 Å². The van der Waals surface area contributed by atoms with Crippen molar-refractivity contribution in [2.24, 2.45) is 0 Å². The number of nitrogens with one attached hydrogen (secondary N) is 1. The van der Waals surface area contributed by atoms with Crippen LogP contribution in [0.25, 0.3) is 0 Å². The van der Waals surface area contributed by atoms with Gasteiger partial charge < -0.3 is 14.6 Å². The molecule has 1 N–H and O–H groups in total. The normalized spacial score (nSPS) is 10.6. The second-order valence-corrected chi connectivity index (χ2v) is 4.25. The molecule has 1 aromatic carbocycles. The highest BCUT2D eigenvalue weighted by molar-refractivity contribution is 5.20. The van der Waals surface area contributed by atoms with E-state index in [9.17, 15) is 0 Å². The van der Waals surface area contributed by atoms with Gasteiger partial charge in [-0.2, -0.15) is 4.98 Å². The van der Waals surface area contributed by atoms with Crippen LogP contribution in [0, 0.1) is 6.92 Å². The molecule has 2 rings (SSSR count). The predicted molar refractivity (Wildman–Crippen MR) is 72.2 cm³/mol. The van der Waals surface area contributed by atoms with Crippen molar-refractivity contribution < 1.29 is 9.26 Å². The van der Waals surface area contributed by atoms with Crippen LogP contribution in [0.3, 0.4) is 0 Å². The zero-order valence-electron chi connectivity index (χ0n) is 11.1. The number of nitrogens with zero attached hydrogens (tertiary/aromatic N) is 2. The Labute approximate surface area is 113 Å². The number of hydrogen-bond acceptors (Lipinski definition) is 5. The summed E-state index contributed by atoms with van der Waals surface area (Å²) in [5, 5.41) is 7.07. The van der Waals surface area contributed by atoms with Gasteiger partial charge in [-0.1, -0.05) is 23.4 Å². The molecule has 5 nitrogen and oxygen atoms in total. The summed E-state index contributed by atoms with van der Waals surface area (Å²) in [6.07, 6.45) is 1.73. The third kappa shape index (κ3) is 5.09. The van der Waals surface area contributed by atoms with Crippen LogP contribution in [0.15, 0.2) is 34.9 Å². The average Bonchev–Trinajstić information content (AvgIpc) is 2.85. The molecule has 0 saturated carbocycles. The second kappa shape index (κ2) is 7.53. The van der Waals surface area contributed by atoms with Gasteiger partial charge in [0.25, 0.3) is 0 Å². The molecule has 2 aromatic rings. The number of ether oxygens (including phenoxy) is 1. The Morgan fingerprint density at radius 3 is 2.79 bits per heavy atom. The first-order valence-electron chi connectivity index (χ1n) is 6.52. The van der Waals surface area contributed by atoms with Gasteiger partial charge >= 0.3 is 0 Å². The molecule has 102 valence electrons. The molecule has 0 atom stereocenters. The van der Waals surface area contributed by atoms with Gasteiger partial charge in [0.15, 0.2) is 5.82 Å². The number of aromatic nitrogens is 2. The first kappa shape index (κ1) is 13.5. The topological polar surface area (TPSA) is 60.2 Å². The molecule has 0 bridgehead atoms. The monoisotopic (exact) mass is 261 g/mol. The van der Waals surface area contributed by atoms with Gasteiger partial charge in [-0.3, -0.25) is 0 Å². The van der Waals surface area contributed by atoms with Crippen molar-refractivity contribution in [1.82, 2.24) is 15.5 Å². The summed E-state index contributed by atoms with van der Waals surface area (Å²) in [6.45, 7) is 4.30. The van der Waals surface area contributed by atoms with Gasteiger partial charge in [-0.25, -0.2) is 0 Å². The van der Waals surface area contributed by atoms with Crippen molar-refractivity contribution >= 4 is 0 Å². The molecular weight excluding hydrogens is 242 g/mol. The molecule has 0 aliphatic heterocycles. The minimum absolute atomic E-state index is 0.686. The fourth-order valence-corrected chi connectivity index (χ4v) is 1.67. The zero-order chi connectivity index (χ0) is 13.3. The number of aryl methyl sites for hydroxylation is 1.